The van der Waals surface area contributed by atoms with Crippen molar-refractivity contribution in [1.82, 2.24) is 0 Å². The zero-order chi connectivity index (χ0) is 12.7. The van der Waals surface area contributed by atoms with Crippen LogP contribution in [0.3, 0.4) is 0 Å². The molecule has 0 spiro atoms. The number of hydrogen-bond acceptors (Lipinski definition) is 0. The first-order valence-electron chi connectivity index (χ1n) is 6.29. The lowest BCUT2D eigenvalue weighted by Crippen LogP contribution is -1.89. The van der Waals surface area contributed by atoms with Crippen molar-refractivity contribution < 1.29 is 0 Å². The zero-order valence-electron chi connectivity index (χ0n) is 11.1. The molecule has 0 bridgehead atoms. The molecule has 0 fully saturated rings. The van der Waals surface area contributed by atoms with Gasteiger partial charge in [0.05, 0.1) is 0 Å². The van der Waals surface area contributed by atoms with Gasteiger partial charge in [0.25, 0.3) is 0 Å². The standard InChI is InChI=1S/C13H14.C4H8/c1-3-10-9-11(4-2)13-8-6-5-7-12(10)13;1-3-4-2/h3,5-9,11H,1,4H2,2H3;3-4H,1-2H3/b;4-3-. The predicted molar refractivity (Wildman–Crippen MR) is 78.1 cm³/mol. The molecule has 0 N–H and O–H groups in total. The summed E-state index contributed by atoms with van der Waals surface area (Å²) in [4.78, 5) is 0. The van der Waals surface area contributed by atoms with Crippen LogP contribution >= 0.6 is 0 Å². The molecule has 0 saturated carbocycles. The maximum atomic E-state index is 3.84. The van der Waals surface area contributed by atoms with E-state index in [1.54, 1.807) is 0 Å². The molecule has 0 amide bonds. The van der Waals surface area contributed by atoms with E-state index in [1.807, 2.05) is 32.1 Å². The summed E-state index contributed by atoms with van der Waals surface area (Å²) in [6, 6.07) is 8.60. The fourth-order valence-corrected chi connectivity index (χ4v) is 2.00. The molecule has 0 heteroatoms. The fourth-order valence-electron chi connectivity index (χ4n) is 2.00. The van der Waals surface area contributed by atoms with Crippen LogP contribution in [0, 0.1) is 0 Å². The van der Waals surface area contributed by atoms with Crippen LogP contribution < -0.4 is 0 Å². The first kappa shape index (κ1) is 13.5. The molecule has 1 aromatic rings. The van der Waals surface area contributed by atoms with Crippen LogP contribution in [0.5, 0.6) is 0 Å². The normalized spacial score (nSPS) is 17.1. The first-order chi connectivity index (χ1) is 8.28. The fraction of sp³-hybridized carbons (Fsp3) is 0.294. The van der Waals surface area contributed by atoms with Gasteiger partial charge >= 0.3 is 0 Å². The molecule has 1 aromatic carbocycles. The Bertz CT molecular complexity index is 417. The highest BCUT2D eigenvalue weighted by Crippen LogP contribution is 2.37. The van der Waals surface area contributed by atoms with Crippen molar-refractivity contribution in [2.45, 2.75) is 33.1 Å². The predicted octanol–water partition coefficient (Wildman–Crippen LogP) is 5.35. The van der Waals surface area contributed by atoms with Gasteiger partial charge in [-0.15, -0.1) is 0 Å². The Morgan fingerprint density at radius 3 is 2.35 bits per heavy atom. The second-order valence-corrected chi connectivity index (χ2v) is 4.09. The van der Waals surface area contributed by atoms with Crippen LogP contribution in [-0.4, -0.2) is 0 Å². The van der Waals surface area contributed by atoms with Crippen molar-refractivity contribution >= 4 is 5.57 Å². The van der Waals surface area contributed by atoms with Crippen molar-refractivity contribution in [1.29, 1.82) is 0 Å². The zero-order valence-corrected chi connectivity index (χ0v) is 11.1. The molecular formula is C17H22. The van der Waals surface area contributed by atoms with Crippen LogP contribution in [0.1, 0.15) is 44.2 Å². The van der Waals surface area contributed by atoms with Crippen molar-refractivity contribution in [3.05, 3.63) is 66.3 Å². The number of fused-ring (bicyclic) bond motifs is 1. The summed E-state index contributed by atoms with van der Waals surface area (Å²) in [5.74, 6) is 0.601. The van der Waals surface area contributed by atoms with Crippen molar-refractivity contribution in [2.24, 2.45) is 0 Å². The van der Waals surface area contributed by atoms with Crippen LogP contribution in [0.4, 0.5) is 0 Å². The number of rotatable bonds is 2. The molecule has 0 heterocycles. The second kappa shape index (κ2) is 6.90. The number of hydrogen-bond donors (Lipinski definition) is 0. The Balaban J connectivity index is 0.000000317. The molecule has 2 rings (SSSR count). The highest BCUT2D eigenvalue weighted by atomic mass is 14.2. The van der Waals surface area contributed by atoms with E-state index in [-0.39, 0.29) is 0 Å². The first-order valence-corrected chi connectivity index (χ1v) is 6.29. The summed E-state index contributed by atoms with van der Waals surface area (Å²) >= 11 is 0. The van der Waals surface area contributed by atoms with E-state index in [2.05, 4.69) is 43.8 Å². The van der Waals surface area contributed by atoms with Gasteiger partial charge in [-0.2, -0.15) is 0 Å². The molecule has 90 valence electrons. The lowest BCUT2D eigenvalue weighted by molar-refractivity contribution is 0.818. The largest absolute Gasteiger partial charge is 0.0985 e. The average Bonchev–Trinajstić information content (AvgIpc) is 2.77. The quantitative estimate of drug-likeness (QED) is 0.597. The monoisotopic (exact) mass is 226 g/mol. The van der Waals surface area contributed by atoms with Gasteiger partial charge in [-0.05, 0) is 37.0 Å². The van der Waals surface area contributed by atoms with Gasteiger partial charge in [0.2, 0.25) is 0 Å². The topological polar surface area (TPSA) is 0 Å². The number of allylic oxidation sites excluding steroid dienone is 5. The van der Waals surface area contributed by atoms with E-state index in [0.29, 0.717) is 5.92 Å². The van der Waals surface area contributed by atoms with Gasteiger partial charge < -0.3 is 0 Å². The summed E-state index contributed by atoms with van der Waals surface area (Å²) in [7, 11) is 0. The van der Waals surface area contributed by atoms with Crippen molar-refractivity contribution in [3.63, 3.8) is 0 Å². The third-order valence-corrected chi connectivity index (χ3v) is 3.05. The highest BCUT2D eigenvalue weighted by Gasteiger charge is 2.18. The van der Waals surface area contributed by atoms with Gasteiger partial charge in [0, 0.05) is 5.92 Å². The van der Waals surface area contributed by atoms with E-state index in [9.17, 15) is 0 Å². The third-order valence-electron chi connectivity index (χ3n) is 3.05. The van der Waals surface area contributed by atoms with Crippen LogP contribution in [0.15, 0.2) is 55.1 Å². The molecular weight excluding hydrogens is 204 g/mol. The van der Waals surface area contributed by atoms with E-state index >= 15 is 0 Å². The minimum atomic E-state index is 0.601. The molecule has 0 radical (unpaired) electrons. The third kappa shape index (κ3) is 3.20. The van der Waals surface area contributed by atoms with Gasteiger partial charge in [0.15, 0.2) is 0 Å². The van der Waals surface area contributed by atoms with Crippen LogP contribution in [0.2, 0.25) is 0 Å². The van der Waals surface area contributed by atoms with Gasteiger partial charge in [0.1, 0.15) is 0 Å². The average molecular weight is 226 g/mol. The van der Waals surface area contributed by atoms with Crippen LogP contribution in [-0.2, 0) is 0 Å². The highest BCUT2D eigenvalue weighted by molar-refractivity contribution is 5.80. The van der Waals surface area contributed by atoms with E-state index in [0.717, 1.165) is 0 Å². The second-order valence-electron chi connectivity index (χ2n) is 4.09. The molecule has 1 unspecified atom stereocenters. The minimum absolute atomic E-state index is 0.601. The maximum absolute atomic E-state index is 3.84. The van der Waals surface area contributed by atoms with Gasteiger partial charge in [-0.3, -0.25) is 0 Å². The Labute approximate surface area is 105 Å². The number of benzene rings is 1. The smallest absolute Gasteiger partial charge is 0.00307 e. The van der Waals surface area contributed by atoms with Crippen LogP contribution in [0.25, 0.3) is 5.57 Å². The summed E-state index contributed by atoms with van der Waals surface area (Å²) in [6.45, 7) is 10.1. The van der Waals surface area contributed by atoms with Crippen molar-refractivity contribution in [3.8, 4) is 0 Å². The summed E-state index contributed by atoms with van der Waals surface area (Å²) in [5.41, 5.74) is 4.12. The lowest BCUT2D eigenvalue weighted by atomic mass is 9.98. The summed E-state index contributed by atoms with van der Waals surface area (Å²) in [5, 5.41) is 0. The molecule has 17 heavy (non-hydrogen) atoms. The van der Waals surface area contributed by atoms with Crippen molar-refractivity contribution in [2.75, 3.05) is 0 Å². The molecule has 0 nitrogen and oxygen atoms in total. The Morgan fingerprint density at radius 2 is 1.82 bits per heavy atom. The molecule has 1 aliphatic carbocycles. The Hall–Kier alpha value is -1.56. The lowest BCUT2D eigenvalue weighted by Gasteiger charge is -2.06. The Kier molecular flexibility index (Phi) is 5.48. The SMILES string of the molecule is C/C=C\C.C=CC1=CC(CC)c2ccccc21. The van der Waals surface area contributed by atoms with E-state index < -0.39 is 0 Å². The summed E-state index contributed by atoms with van der Waals surface area (Å²) < 4.78 is 0. The molecule has 0 aromatic heterocycles. The van der Waals surface area contributed by atoms with E-state index in [4.69, 9.17) is 0 Å². The summed E-state index contributed by atoms with van der Waals surface area (Å²) in [6.07, 6.45) is 9.44. The molecule has 1 aliphatic rings. The van der Waals surface area contributed by atoms with Gasteiger partial charge in [-0.25, -0.2) is 0 Å². The maximum Gasteiger partial charge on any atom is 0.00307 e. The molecule has 0 aliphatic heterocycles. The molecule has 0 saturated heterocycles. The van der Waals surface area contributed by atoms with Gasteiger partial charge in [-0.1, -0.05) is 62.1 Å². The molecule has 1 atom stereocenters. The van der Waals surface area contributed by atoms with E-state index in [1.165, 1.54) is 23.1 Å². The minimum Gasteiger partial charge on any atom is -0.0985 e. The Morgan fingerprint density at radius 1 is 1.18 bits per heavy atom.